The average Bonchev–Trinajstić information content (AvgIpc) is 3.03. The number of nitriles is 1. The van der Waals surface area contributed by atoms with Crippen molar-refractivity contribution in [1.82, 2.24) is 14.7 Å². The summed E-state index contributed by atoms with van der Waals surface area (Å²) >= 11 is 6.79. The van der Waals surface area contributed by atoms with Crippen molar-refractivity contribution in [2.45, 2.75) is 51.2 Å². The number of unbranched alkanes of at least 4 members (excludes halogenated alkanes) is 3. The van der Waals surface area contributed by atoms with Crippen LogP contribution in [-0.4, -0.2) is 82.0 Å². The van der Waals surface area contributed by atoms with Crippen molar-refractivity contribution < 1.29 is 22.8 Å². The van der Waals surface area contributed by atoms with Crippen LogP contribution in [0.25, 0.3) is 0 Å². The van der Waals surface area contributed by atoms with Gasteiger partial charge < -0.3 is 9.80 Å². The van der Waals surface area contributed by atoms with Gasteiger partial charge in [-0.15, -0.1) is 0 Å². The van der Waals surface area contributed by atoms with Crippen LogP contribution in [0.4, 0.5) is 23.7 Å². The summed E-state index contributed by atoms with van der Waals surface area (Å²) in [5, 5.41) is 9.35. The Morgan fingerprint density at radius 1 is 1.11 bits per heavy atom. The van der Waals surface area contributed by atoms with Gasteiger partial charge in [0.25, 0.3) is 11.1 Å². The third kappa shape index (κ3) is 6.56. The fraction of sp³-hybridized carbons (Fsp3) is 0.600. The van der Waals surface area contributed by atoms with E-state index in [2.05, 4.69) is 4.90 Å². The topological polar surface area (TPSA) is 70.9 Å². The predicted octanol–water partition coefficient (Wildman–Crippen LogP) is 4.95. The number of thiocarbonyl (C=S) groups is 1. The molecule has 0 spiro atoms. The highest BCUT2D eigenvalue weighted by molar-refractivity contribution is 8.12. The van der Waals surface area contributed by atoms with E-state index in [1.165, 1.54) is 17.8 Å². The van der Waals surface area contributed by atoms with E-state index < -0.39 is 28.7 Å². The number of halogens is 3. The predicted molar refractivity (Wildman–Crippen MR) is 142 cm³/mol. The molecule has 0 saturated carbocycles. The van der Waals surface area contributed by atoms with Crippen LogP contribution < -0.4 is 4.90 Å². The van der Waals surface area contributed by atoms with Crippen LogP contribution in [0.2, 0.25) is 0 Å². The van der Waals surface area contributed by atoms with E-state index in [0.717, 1.165) is 75.4 Å². The van der Waals surface area contributed by atoms with Crippen molar-refractivity contribution in [1.29, 1.82) is 5.26 Å². The smallest absolute Gasteiger partial charge is 0.334 e. The number of thioether (sulfide) groups is 1. The van der Waals surface area contributed by atoms with Crippen LogP contribution in [-0.2, 0) is 11.0 Å². The molecule has 2 aliphatic heterocycles. The first kappa shape index (κ1) is 29.2. The standard InChI is InChI=1S/C25H32F3N5O2S2/c1-24(2)21(34)33(19-9-8-18(17-29)20(16-19)25(26,27)28)22(36)32(24)11-7-5-4-6-10-30-12-14-31(15-13-30)23(35)37-3/h8-9,16H,4-7,10-15H2,1-3H3. The summed E-state index contributed by atoms with van der Waals surface area (Å²) in [6, 6.07) is 4.78. The second-order valence-corrected chi connectivity index (χ2v) is 10.8. The minimum Gasteiger partial charge on any atom is -0.334 e. The Balaban J connectivity index is 1.52. The van der Waals surface area contributed by atoms with Crippen LogP contribution in [0.3, 0.4) is 0 Å². The van der Waals surface area contributed by atoms with Crippen LogP contribution in [0.1, 0.15) is 50.7 Å². The maximum Gasteiger partial charge on any atom is 0.417 e. The van der Waals surface area contributed by atoms with E-state index in [9.17, 15) is 22.8 Å². The number of carbonyl (C=O) groups excluding carboxylic acids is 2. The zero-order valence-corrected chi connectivity index (χ0v) is 22.9. The molecule has 2 heterocycles. The molecule has 1 aromatic carbocycles. The summed E-state index contributed by atoms with van der Waals surface area (Å²) < 4.78 is 40.4. The zero-order valence-electron chi connectivity index (χ0n) is 21.3. The van der Waals surface area contributed by atoms with Gasteiger partial charge in [-0.2, -0.15) is 18.4 Å². The molecule has 0 N–H and O–H groups in total. The fourth-order valence-electron chi connectivity index (χ4n) is 4.68. The van der Waals surface area contributed by atoms with Gasteiger partial charge in [-0.05, 0) is 69.9 Å². The molecule has 12 heteroatoms. The highest BCUT2D eigenvalue weighted by Gasteiger charge is 2.49. The largest absolute Gasteiger partial charge is 0.417 e. The minimum absolute atomic E-state index is 0.0104. The van der Waals surface area contributed by atoms with E-state index in [-0.39, 0.29) is 16.0 Å². The lowest BCUT2D eigenvalue weighted by Gasteiger charge is -2.34. The Bertz CT molecular complexity index is 1070. The molecule has 37 heavy (non-hydrogen) atoms. The summed E-state index contributed by atoms with van der Waals surface area (Å²) in [6.07, 6.45) is 0.842. The molecule has 2 amide bonds. The van der Waals surface area contributed by atoms with E-state index in [4.69, 9.17) is 17.5 Å². The first-order chi connectivity index (χ1) is 17.4. The first-order valence-corrected chi connectivity index (χ1v) is 13.9. The molecule has 0 radical (unpaired) electrons. The van der Waals surface area contributed by atoms with E-state index >= 15 is 0 Å². The SMILES string of the molecule is CSC(=O)N1CCN(CCCCCCN2C(=S)N(c3ccc(C#N)c(C(F)(F)F)c3)C(=O)C2(C)C)CC1. The quantitative estimate of drug-likeness (QED) is 0.332. The number of amides is 2. The number of piperazine rings is 1. The van der Waals surface area contributed by atoms with Crippen molar-refractivity contribution in [2.75, 3.05) is 50.4 Å². The maximum atomic E-state index is 13.5. The third-order valence-electron chi connectivity index (χ3n) is 6.92. The maximum absolute atomic E-state index is 13.5. The molecule has 202 valence electrons. The summed E-state index contributed by atoms with van der Waals surface area (Å²) in [5.74, 6) is -0.394. The zero-order chi connectivity index (χ0) is 27.4. The van der Waals surface area contributed by atoms with E-state index in [0.29, 0.717) is 6.54 Å². The van der Waals surface area contributed by atoms with Gasteiger partial charge in [-0.25, -0.2) is 0 Å². The Hall–Kier alpha value is -2.36. The fourth-order valence-corrected chi connectivity index (χ4v) is 5.63. The van der Waals surface area contributed by atoms with Crippen molar-refractivity contribution in [3.05, 3.63) is 29.3 Å². The molecule has 2 aliphatic rings. The molecule has 0 unspecified atom stereocenters. The molecule has 1 aromatic rings. The number of nitrogens with zero attached hydrogens (tertiary/aromatic N) is 5. The molecule has 7 nitrogen and oxygen atoms in total. The van der Waals surface area contributed by atoms with E-state index in [1.54, 1.807) is 31.1 Å². The lowest BCUT2D eigenvalue weighted by atomic mass is 10.0. The number of rotatable bonds is 8. The highest BCUT2D eigenvalue weighted by atomic mass is 32.2. The van der Waals surface area contributed by atoms with Gasteiger partial charge >= 0.3 is 6.18 Å². The van der Waals surface area contributed by atoms with Crippen molar-refractivity contribution in [3.8, 4) is 6.07 Å². The molecule has 2 saturated heterocycles. The Morgan fingerprint density at radius 2 is 1.73 bits per heavy atom. The number of alkyl halides is 3. The molecule has 0 atom stereocenters. The number of carbonyl (C=O) groups is 2. The molecule has 0 aliphatic carbocycles. The second-order valence-electron chi connectivity index (χ2n) is 9.69. The summed E-state index contributed by atoms with van der Waals surface area (Å²) in [6.45, 7) is 8.21. The molecular formula is C25H32F3N5O2S2. The van der Waals surface area contributed by atoms with Crippen LogP contribution in [0, 0.1) is 11.3 Å². The summed E-state index contributed by atoms with van der Waals surface area (Å²) in [5.41, 5.74) is -2.56. The molecule has 0 bridgehead atoms. The van der Waals surface area contributed by atoms with E-state index in [1.807, 2.05) is 4.90 Å². The number of hydrogen-bond donors (Lipinski definition) is 0. The van der Waals surface area contributed by atoms with Gasteiger partial charge in [0, 0.05) is 32.7 Å². The van der Waals surface area contributed by atoms with Gasteiger partial charge in [-0.1, -0.05) is 24.6 Å². The Morgan fingerprint density at radius 3 is 2.30 bits per heavy atom. The highest BCUT2D eigenvalue weighted by Crippen LogP contribution is 2.38. The van der Waals surface area contributed by atoms with Crippen molar-refractivity contribution >= 4 is 45.9 Å². The van der Waals surface area contributed by atoms with Gasteiger partial charge in [0.2, 0.25) is 0 Å². The van der Waals surface area contributed by atoms with Crippen molar-refractivity contribution in [2.24, 2.45) is 0 Å². The van der Waals surface area contributed by atoms with Crippen LogP contribution in [0.5, 0.6) is 0 Å². The van der Waals surface area contributed by atoms with Gasteiger partial charge in [-0.3, -0.25) is 19.4 Å². The lowest BCUT2D eigenvalue weighted by Crippen LogP contribution is -2.47. The Kier molecular flexibility index (Phi) is 9.47. The molecule has 3 rings (SSSR count). The Labute approximate surface area is 225 Å². The summed E-state index contributed by atoms with van der Waals surface area (Å²) in [4.78, 5) is 32.1. The van der Waals surface area contributed by atoms with Crippen LogP contribution >= 0.6 is 24.0 Å². The van der Waals surface area contributed by atoms with Gasteiger partial charge in [0.15, 0.2) is 5.11 Å². The average molecular weight is 556 g/mol. The second kappa shape index (κ2) is 12.0. The lowest BCUT2D eigenvalue weighted by molar-refractivity contribution is -0.137. The van der Waals surface area contributed by atoms with Crippen LogP contribution in [0.15, 0.2) is 18.2 Å². The third-order valence-corrected chi connectivity index (χ3v) is 7.93. The van der Waals surface area contributed by atoms with Gasteiger partial charge in [0.1, 0.15) is 5.54 Å². The number of anilines is 1. The minimum atomic E-state index is -4.72. The number of hydrogen-bond acceptors (Lipinski definition) is 6. The first-order valence-electron chi connectivity index (χ1n) is 12.2. The molecule has 2 fully saturated rings. The molecule has 0 aromatic heterocycles. The number of benzene rings is 1. The normalized spacial score (nSPS) is 18.5. The van der Waals surface area contributed by atoms with Crippen molar-refractivity contribution in [3.63, 3.8) is 0 Å². The molecular weight excluding hydrogens is 523 g/mol. The van der Waals surface area contributed by atoms with Gasteiger partial charge in [0.05, 0.1) is 22.9 Å². The monoisotopic (exact) mass is 555 g/mol. The summed E-state index contributed by atoms with van der Waals surface area (Å²) in [7, 11) is 0.